The number of ether oxygens (including phenoxy) is 2. The number of likely N-dealkylation sites (tertiary alicyclic amines) is 1. The Morgan fingerprint density at radius 2 is 1.95 bits per heavy atom. The Bertz CT molecular complexity index is 512. The number of carbonyl (C=O) groups is 2. The van der Waals surface area contributed by atoms with Crippen molar-refractivity contribution in [2.45, 2.75) is 32.9 Å². The quantitative estimate of drug-likeness (QED) is 0.803. The molecule has 1 aromatic carbocycles. The first kappa shape index (κ1) is 15.4. The highest BCUT2D eigenvalue weighted by Crippen LogP contribution is 2.34. The number of rotatable bonds is 3. The van der Waals surface area contributed by atoms with Gasteiger partial charge < -0.3 is 9.47 Å². The highest BCUT2D eigenvalue weighted by molar-refractivity contribution is 5.82. The van der Waals surface area contributed by atoms with Crippen LogP contribution in [-0.2, 0) is 20.9 Å². The highest BCUT2D eigenvalue weighted by Gasteiger charge is 2.45. The fraction of sp³-hybridized carbons (Fsp3) is 0.500. The van der Waals surface area contributed by atoms with Gasteiger partial charge in [-0.05, 0) is 17.4 Å². The third-order valence-electron chi connectivity index (χ3n) is 3.63. The van der Waals surface area contributed by atoms with Crippen molar-refractivity contribution in [1.29, 1.82) is 0 Å². The minimum absolute atomic E-state index is 0.120. The Balaban J connectivity index is 2.01. The molecule has 1 fully saturated rings. The second kappa shape index (κ2) is 6.16. The number of nitrogens with zero attached hydrogens (tertiary/aromatic N) is 1. The first-order valence-corrected chi connectivity index (χ1v) is 6.98. The van der Waals surface area contributed by atoms with Gasteiger partial charge >= 0.3 is 12.1 Å². The van der Waals surface area contributed by atoms with Crippen molar-refractivity contribution in [2.75, 3.05) is 13.7 Å². The van der Waals surface area contributed by atoms with Crippen molar-refractivity contribution in [3.05, 3.63) is 35.9 Å². The lowest BCUT2D eigenvalue weighted by molar-refractivity contribution is -0.145. The van der Waals surface area contributed by atoms with Gasteiger partial charge in [0.1, 0.15) is 12.6 Å². The predicted octanol–water partition coefficient (Wildman–Crippen LogP) is 2.60. The first-order valence-electron chi connectivity index (χ1n) is 6.98. The Morgan fingerprint density at radius 3 is 2.57 bits per heavy atom. The Morgan fingerprint density at radius 1 is 1.29 bits per heavy atom. The predicted molar refractivity (Wildman–Crippen MR) is 77.5 cm³/mol. The summed E-state index contributed by atoms with van der Waals surface area (Å²) in [6.45, 7) is 4.73. The molecule has 114 valence electrons. The summed E-state index contributed by atoms with van der Waals surface area (Å²) in [5.41, 5.74) is 0.795. The van der Waals surface area contributed by atoms with Crippen LogP contribution in [-0.4, -0.2) is 36.7 Å². The van der Waals surface area contributed by atoms with Crippen molar-refractivity contribution >= 4 is 12.1 Å². The molecule has 0 radical (unpaired) electrons. The molecule has 1 aliphatic rings. The monoisotopic (exact) mass is 291 g/mol. The van der Waals surface area contributed by atoms with Gasteiger partial charge in [-0.2, -0.15) is 0 Å². The summed E-state index contributed by atoms with van der Waals surface area (Å²) in [6.07, 6.45) is 0.111. The van der Waals surface area contributed by atoms with E-state index in [0.717, 1.165) is 5.56 Å². The molecule has 21 heavy (non-hydrogen) atoms. The summed E-state index contributed by atoms with van der Waals surface area (Å²) in [7, 11) is 1.33. The molecule has 1 saturated heterocycles. The standard InChI is InChI=1S/C16H21NO4/c1-16(2)9-13(14(18)20-3)17(11-16)15(19)21-10-12-7-5-4-6-8-12/h4-8,13H,9-11H2,1-3H3/t13-/m0/s1. The molecule has 0 N–H and O–H groups in total. The maximum atomic E-state index is 12.2. The van der Waals surface area contributed by atoms with Crippen LogP contribution in [0.4, 0.5) is 4.79 Å². The molecule has 1 heterocycles. The molecular weight excluding hydrogens is 270 g/mol. The molecule has 1 aromatic rings. The van der Waals surface area contributed by atoms with Crippen LogP contribution in [0.3, 0.4) is 0 Å². The topological polar surface area (TPSA) is 55.8 Å². The molecule has 0 bridgehead atoms. The van der Waals surface area contributed by atoms with Crippen LogP contribution in [0, 0.1) is 5.41 Å². The smallest absolute Gasteiger partial charge is 0.410 e. The van der Waals surface area contributed by atoms with Crippen molar-refractivity contribution in [3.63, 3.8) is 0 Å². The number of carbonyl (C=O) groups excluding carboxylic acids is 2. The molecule has 5 nitrogen and oxygen atoms in total. The van der Waals surface area contributed by atoms with Crippen LogP contribution in [0.5, 0.6) is 0 Å². The number of esters is 1. The highest BCUT2D eigenvalue weighted by atomic mass is 16.6. The van der Waals surface area contributed by atoms with Crippen LogP contribution in [0.25, 0.3) is 0 Å². The second-order valence-electron chi connectivity index (χ2n) is 6.08. The molecule has 5 heteroatoms. The van der Waals surface area contributed by atoms with E-state index in [1.807, 2.05) is 44.2 Å². The average molecular weight is 291 g/mol. The summed E-state index contributed by atoms with van der Waals surface area (Å²) in [6, 6.07) is 8.89. The molecule has 1 aliphatic heterocycles. The molecule has 0 spiro atoms. The van der Waals surface area contributed by atoms with Gasteiger partial charge in [-0.3, -0.25) is 4.90 Å². The molecule has 1 atom stereocenters. The van der Waals surface area contributed by atoms with Crippen molar-refractivity contribution in [3.8, 4) is 0 Å². The normalized spacial score (nSPS) is 20.1. The van der Waals surface area contributed by atoms with Crippen LogP contribution in [0.1, 0.15) is 25.8 Å². The van der Waals surface area contributed by atoms with Crippen LogP contribution < -0.4 is 0 Å². The third kappa shape index (κ3) is 3.74. The lowest BCUT2D eigenvalue weighted by atomic mass is 9.91. The zero-order chi connectivity index (χ0) is 15.5. The molecule has 1 amide bonds. The molecule has 0 aliphatic carbocycles. The van der Waals surface area contributed by atoms with E-state index in [1.54, 1.807) is 0 Å². The average Bonchev–Trinajstić information content (AvgIpc) is 2.81. The van der Waals surface area contributed by atoms with E-state index in [2.05, 4.69) is 0 Å². The van der Waals surface area contributed by atoms with Gasteiger partial charge in [0.05, 0.1) is 7.11 Å². The van der Waals surface area contributed by atoms with E-state index in [0.29, 0.717) is 13.0 Å². The number of hydrogen-bond acceptors (Lipinski definition) is 4. The second-order valence-corrected chi connectivity index (χ2v) is 6.08. The van der Waals surface area contributed by atoms with Gasteiger partial charge in [0.25, 0.3) is 0 Å². The van der Waals surface area contributed by atoms with Crippen molar-refractivity contribution in [2.24, 2.45) is 5.41 Å². The number of benzene rings is 1. The SMILES string of the molecule is COC(=O)[C@@H]1CC(C)(C)CN1C(=O)OCc1ccccc1. The number of hydrogen-bond donors (Lipinski definition) is 0. The minimum Gasteiger partial charge on any atom is -0.467 e. The number of methoxy groups -OCH3 is 1. The Labute approximate surface area is 124 Å². The van der Waals surface area contributed by atoms with Gasteiger partial charge in [0.2, 0.25) is 0 Å². The fourth-order valence-electron chi connectivity index (χ4n) is 2.61. The molecule has 0 aromatic heterocycles. The number of amides is 1. The lowest BCUT2D eigenvalue weighted by Gasteiger charge is -2.22. The summed E-state index contributed by atoms with van der Waals surface area (Å²) in [4.78, 5) is 25.5. The third-order valence-corrected chi connectivity index (χ3v) is 3.63. The molecule has 0 saturated carbocycles. The summed E-state index contributed by atoms with van der Waals surface area (Å²) < 4.78 is 10.1. The lowest BCUT2D eigenvalue weighted by Crippen LogP contribution is -2.41. The molecular formula is C16H21NO4. The van der Waals surface area contributed by atoms with E-state index in [9.17, 15) is 9.59 Å². The van der Waals surface area contributed by atoms with Crippen molar-refractivity contribution < 1.29 is 19.1 Å². The zero-order valence-corrected chi connectivity index (χ0v) is 12.7. The first-order chi connectivity index (χ1) is 9.93. The van der Waals surface area contributed by atoms with Crippen LogP contribution in [0.2, 0.25) is 0 Å². The van der Waals surface area contributed by atoms with Gasteiger partial charge in [-0.25, -0.2) is 9.59 Å². The van der Waals surface area contributed by atoms with Crippen LogP contribution in [0.15, 0.2) is 30.3 Å². The van der Waals surface area contributed by atoms with E-state index in [1.165, 1.54) is 12.0 Å². The summed E-state index contributed by atoms with van der Waals surface area (Å²) in [5, 5.41) is 0. The van der Waals surface area contributed by atoms with Gasteiger partial charge in [-0.15, -0.1) is 0 Å². The van der Waals surface area contributed by atoms with E-state index >= 15 is 0 Å². The van der Waals surface area contributed by atoms with Crippen LogP contribution >= 0.6 is 0 Å². The van der Waals surface area contributed by atoms with Gasteiger partial charge in [0, 0.05) is 6.54 Å². The van der Waals surface area contributed by atoms with Gasteiger partial charge in [0.15, 0.2) is 0 Å². The Hall–Kier alpha value is -2.04. The van der Waals surface area contributed by atoms with E-state index < -0.39 is 18.1 Å². The Kier molecular flexibility index (Phi) is 4.50. The zero-order valence-electron chi connectivity index (χ0n) is 12.7. The maximum Gasteiger partial charge on any atom is 0.410 e. The summed E-state index contributed by atoms with van der Waals surface area (Å²) in [5.74, 6) is -0.391. The minimum atomic E-state index is -0.562. The van der Waals surface area contributed by atoms with Crippen molar-refractivity contribution in [1.82, 2.24) is 4.90 Å². The van der Waals surface area contributed by atoms with E-state index in [4.69, 9.17) is 9.47 Å². The fourth-order valence-corrected chi connectivity index (χ4v) is 2.61. The summed E-state index contributed by atoms with van der Waals surface area (Å²) >= 11 is 0. The van der Waals surface area contributed by atoms with E-state index in [-0.39, 0.29) is 12.0 Å². The van der Waals surface area contributed by atoms with Gasteiger partial charge in [-0.1, -0.05) is 44.2 Å². The largest absolute Gasteiger partial charge is 0.467 e. The molecule has 2 rings (SSSR count). The maximum absolute atomic E-state index is 12.2. The molecule has 0 unspecified atom stereocenters.